The first-order valence-corrected chi connectivity index (χ1v) is 6.81. The van der Waals surface area contributed by atoms with Crippen LogP contribution < -0.4 is 4.74 Å². The molecule has 0 fully saturated rings. The van der Waals surface area contributed by atoms with Gasteiger partial charge in [-0.25, -0.2) is 4.98 Å². The highest BCUT2D eigenvalue weighted by molar-refractivity contribution is 6.30. The third-order valence-electron chi connectivity index (χ3n) is 2.56. The van der Waals surface area contributed by atoms with Crippen molar-refractivity contribution in [3.8, 4) is 11.6 Å². The molecule has 0 N–H and O–H groups in total. The van der Waals surface area contributed by atoms with Gasteiger partial charge in [-0.2, -0.15) is 4.98 Å². The third kappa shape index (κ3) is 3.82. The Hall–Kier alpha value is -1.32. The molecule has 19 heavy (non-hydrogen) atoms. The first kappa shape index (κ1) is 14.1. The van der Waals surface area contributed by atoms with Gasteiger partial charge in [0.25, 0.3) is 0 Å². The number of nitrogens with zero attached hydrogens (tertiary/aromatic N) is 2. The highest BCUT2D eigenvalue weighted by Gasteiger charge is 2.07. The van der Waals surface area contributed by atoms with Crippen molar-refractivity contribution >= 4 is 23.2 Å². The summed E-state index contributed by atoms with van der Waals surface area (Å²) >= 11 is 11.9. The minimum atomic E-state index is 0.383. The van der Waals surface area contributed by atoms with E-state index in [1.54, 1.807) is 12.1 Å². The van der Waals surface area contributed by atoms with Crippen molar-refractivity contribution in [2.24, 2.45) is 0 Å². The van der Waals surface area contributed by atoms with Gasteiger partial charge in [0, 0.05) is 17.5 Å². The molecule has 0 aliphatic heterocycles. The van der Waals surface area contributed by atoms with Crippen molar-refractivity contribution in [1.82, 2.24) is 9.97 Å². The number of rotatable bonds is 4. The second-order valence-corrected chi connectivity index (χ2v) is 5.03. The zero-order chi connectivity index (χ0) is 13.8. The maximum absolute atomic E-state index is 5.97. The number of aryl methyl sites for hydroxylation is 2. The molecule has 0 radical (unpaired) electrons. The minimum absolute atomic E-state index is 0.383. The summed E-state index contributed by atoms with van der Waals surface area (Å²) in [6, 6.07) is 7.07. The summed E-state index contributed by atoms with van der Waals surface area (Å²) in [5, 5.41) is 1.00. The Morgan fingerprint density at radius 3 is 2.68 bits per heavy atom. The zero-order valence-corrected chi connectivity index (χ0v) is 12.3. The highest BCUT2D eigenvalue weighted by Crippen LogP contribution is 2.27. The van der Waals surface area contributed by atoms with Gasteiger partial charge in [0.1, 0.15) is 16.7 Å². The quantitative estimate of drug-likeness (QED) is 0.758. The molecule has 0 atom stereocenters. The number of benzene rings is 1. The van der Waals surface area contributed by atoms with Gasteiger partial charge in [-0.05, 0) is 31.0 Å². The smallest absolute Gasteiger partial charge is 0.224 e. The van der Waals surface area contributed by atoms with Crippen LogP contribution in [-0.2, 0) is 6.42 Å². The standard InChI is InChI=1S/C14H14Cl2N2O/c1-3-4-13-17-12(16)8-14(18-13)19-11-7-10(15)6-5-9(11)2/h5-8H,3-4H2,1-2H3. The van der Waals surface area contributed by atoms with Crippen LogP contribution in [0.2, 0.25) is 10.2 Å². The number of ether oxygens (including phenoxy) is 1. The SMILES string of the molecule is CCCc1nc(Cl)cc(Oc2cc(Cl)ccc2C)n1. The summed E-state index contributed by atoms with van der Waals surface area (Å²) in [7, 11) is 0. The second kappa shape index (κ2) is 6.22. The predicted octanol–water partition coefficient (Wildman–Crippen LogP) is 4.84. The van der Waals surface area contributed by atoms with Crippen LogP contribution in [0.1, 0.15) is 24.7 Å². The van der Waals surface area contributed by atoms with E-state index in [0.29, 0.717) is 27.6 Å². The van der Waals surface area contributed by atoms with Crippen LogP contribution in [0.15, 0.2) is 24.3 Å². The molecule has 0 saturated heterocycles. The molecular weight excluding hydrogens is 283 g/mol. The van der Waals surface area contributed by atoms with E-state index in [-0.39, 0.29) is 0 Å². The molecular formula is C14H14Cl2N2O. The fourth-order valence-corrected chi connectivity index (χ4v) is 1.98. The molecule has 0 aliphatic carbocycles. The fourth-order valence-electron chi connectivity index (χ4n) is 1.63. The maximum Gasteiger partial charge on any atom is 0.224 e. The molecule has 1 heterocycles. The first-order valence-electron chi connectivity index (χ1n) is 6.06. The summed E-state index contributed by atoms with van der Waals surface area (Å²) in [5.74, 6) is 1.79. The molecule has 2 rings (SSSR count). The number of hydrogen-bond acceptors (Lipinski definition) is 3. The minimum Gasteiger partial charge on any atom is -0.439 e. The molecule has 1 aromatic carbocycles. The van der Waals surface area contributed by atoms with Gasteiger partial charge in [0.05, 0.1) is 0 Å². The van der Waals surface area contributed by atoms with E-state index >= 15 is 0 Å². The van der Waals surface area contributed by atoms with Crippen molar-refractivity contribution in [1.29, 1.82) is 0 Å². The molecule has 0 bridgehead atoms. The molecule has 5 heteroatoms. The molecule has 0 spiro atoms. The van der Waals surface area contributed by atoms with Crippen LogP contribution in [0.3, 0.4) is 0 Å². The topological polar surface area (TPSA) is 35.0 Å². The van der Waals surface area contributed by atoms with Crippen LogP contribution in [-0.4, -0.2) is 9.97 Å². The Labute approximate surface area is 122 Å². The van der Waals surface area contributed by atoms with Crippen LogP contribution in [0.25, 0.3) is 0 Å². The molecule has 0 amide bonds. The van der Waals surface area contributed by atoms with Gasteiger partial charge < -0.3 is 4.74 Å². The van der Waals surface area contributed by atoms with E-state index in [1.807, 2.05) is 19.1 Å². The predicted molar refractivity (Wildman–Crippen MR) is 77.3 cm³/mol. The summed E-state index contributed by atoms with van der Waals surface area (Å²) in [5.41, 5.74) is 0.983. The van der Waals surface area contributed by atoms with E-state index in [4.69, 9.17) is 27.9 Å². The average molecular weight is 297 g/mol. The number of halogens is 2. The van der Waals surface area contributed by atoms with Crippen LogP contribution in [0, 0.1) is 6.92 Å². The van der Waals surface area contributed by atoms with E-state index in [0.717, 1.165) is 18.4 Å². The lowest BCUT2D eigenvalue weighted by atomic mass is 10.2. The lowest BCUT2D eigenvalue weighted by molar-refractivity contribution is 0.455. The van der Waals surface area contributed by atoms with Gasteiger partial charge in [0.15, 0.2) is 0 Å². The summed E-state index contributed by atoms with van der Waals surface area (Å²) < 4.78 is 5.74. The largest absolute Gasteiger partial charge is 0.439 e. The Kier molecular flexibility index (Phi) is 4.61. The van der Waals surface area contributed by atoms with Crippen molar-refractivity contribution < 1.29 is 4.74 Å². The van der Waals surface area contributed by atoms with E-state index in [2.05, 4.69) is 16.9 Å². The highest BCUT2D eigenvalue weighted by atomic mass is 35.5. The van der Waals surface area contributed by atoms with Gasteiger partial charge in [-0.1, -0.05) is 36.2 Å². The van der Waals surface area contributed by atoms with E-state index in [1.165, 1.54) is 0 Å². The molecule has 0 unspecified atom stereocenters. The van der Waals surface area contributed by atoms with Crippen LogP contribution in [0.4, 0.5) is 0 Å². The van der Waals surface area contributed by atoms with E-state index < -0.39 is 0 Å². The number of hydrogen-bond donors (Lipinski definition) is 0. The maximum atomic E-state index is 5.97. The lowest BCUT2D eigenvalue weighted by Gasteiger charge is -2.09. The Balaban J connectivity index is 2.29. The van der Waals surface area contributed by atoms with Gasteiger partial charge in [0.2, 0.25) is 5.88 Å². The van der Waals surface area contributed by atoms with Crippen LogP contribution >= 0.6 is 23.2 Å². The third-order valence-corrected chi connectivity index (χ3v) is 2.98. The van der Waals surface area contributed by atoms with Gasteiger partial charge >= 0.3 is 0 Å². The Morgan fingerprint density at radius 1 is 1.16 bits per heavy atom. The summed E-state index contributed by atoms with van der Waals surface area (Å²) in [6.07, 6.45) is 1.72. The van der Waals surface area contributed by atoms with Crippen molar-refractivity contribution in [3.63, 3.8) is 0 Å². The Morgan fingerprint density at radius 2 is 1.95 bits per heavy atom. The molecule has 3 nitrogen and oxygen atoms in total. The first-order chi connectivity index (χ1) is 9.08. The normalized spacial score (nSPS) is 10.5. The van der Waals surface area contributed by atoms with Crippen molar-refractivity contribution in [3.05, 3.63) is 45.8 Å². The monoisotopic (exact) mass is 296 g/mol. The average Bonchev–Trinajstić information content (AvgIpc) is 2.33. The molecule has 0 aliphatic rings. The summed E-state index contributed by atoms with van der Waals surface area (Å²) in [4.78, 5) is 8.48. The fraction of sp³-hybridized carbons (Fsp3) is 0.286. The van der Waals surface area contributed by atoms with Gasteiger partial charge in [-0.15, -0.1) is 0 Å². The molecule has 2 aromatic rings. The lowest BCUT2D eigenvalue weighted by Crippen LogP contribution is -1.98. The summed E-state index contributed by atoms with van der Waals surface area (Å²) in [6.45, 7) is 4.01. The molecule has 0 saturated carbocycles. The van der Waals surface area contributed by atoms with Crippen molar-refractivity contribution in [2.45, 2.75) is 26.7 Å². The second-order valence-electron chi connectivity index (χ2n) is 4.21. The van der Waals surface area contributed by atoms with Crippen LogP contribution in [0.5, 0.6) is 11.6 Å². The van der Waals surface area contributed by atoms with Gasteiger partial charge in [-0.3, -0.25) is 0 Å². The molecule has 1 aromatic heterocycles. The number of aromatic nitrogens is 2. The molecule has 100 valence electrons. The van der Waals surface area contributed by atoms with Crippen molar-refractivity contribution in [2.75, 3.05) is 0 Å². The zero-order valence-electron chi connectivity index (χ0n) is 10.8. The Bertz CT molecular complexity index is 588. The van der Waals surface area contributed by atoms with E-state index in [9.17, 15) is 0 Å².